The van der Waals surface area contributed by atoms with Crippen LogP contribution >= 0.6 is 11.3 Å². The second kappa shape index (κ2) is 8.49. The maximum atomic E-state index is 13.0. The summed E-state index contributed by atoms with van der Waals surface area (Å²) >= 11 is 1.64. The second-order valence-electron chi connectivity index (χ2n) is 7.15. The van der Waals surface area contributed by atoms with Crippen LogP contribution in [0.1, 0.15) is 43.2 Å². The van der Waals surface area contributed by atoms with Gasteiger partial charge in [-0.3, -0.25) is 9.59 Å². The summed E-state index contributed by atoms with van der Waals surface area (Å²) in [5.41, 5.74) is 1.08. The number of carbonyl (C=O) groups is 2. The Hall–Kier alpha value is -2.14. The SMILES string of the molecule is CC(C)C(=O)N1CCCC(C(=O)NC(c2ccccc2)c2cccs2)C1. The van der Waals surface area contributed by atoms with Gasteiger partial charge in [-0.2, -0.15) is 0 Å². The number of nitrogens with one attached hydrogen (secondary N) is 1. The predicted molar refractivity (Wildman–Crippen MR) is 105 cm³/mol. The molecule has 0 bridgehead atoms. The van der Waals surface area contributed by atoms with Crippen molar-refractivity contribution in [2.24, 2.45) is 11.8 Å². The van der Waals surface area contributed by atoms with E-state index in [1.165, 1.54) is 0 Å². The monoisotopic (exact) mass is 370 g/mol. The van der Waals surface area contributed by atoms with Gasteiger partial charge >= 0.3 is 0 Å². The van der Waals surface area contributed by atoms with E-state index in [1.807, 2.05) is 60.5 Å². The molecule has 1 saturated heterocycles. The van der Waals surface area contributed by atoms with Gasteiger partial charge in [-0.1, -0.05) is 50.2 Å². The molecule has 0 radical (unpaired) electrons. The molecule has 0 aliphatic carbocycles. The molecule has 1 aliphatic rings. The second-order valence-corrected chi connectivity index (χ2v) is 8.13. The van der Waals surface area contributed by atoms with E-state index in [0.717, 1.165) is 29.8 Å². The molecule has 26 heavy (non-hydrogen) atoms. The molecule has 2 unspecified atom stereocenters. The van der Waals surface area contributed by atoms with Crippen molar-refractivity contribution >= 4 is 23.2 Å². The zero-order valence-corrected chi connectivity index (χ0v) is 16.2. The van der Waals surface area contributed by atoms with Crippen LogP contribution in [0, 0.1) is 11.8 Å². The van der Waals surface area contributed by atoms with Gasteiger partial charge in [0.05, 0.1) is 12.0 Å². The average molecular weight is 371 g/mol. The van der Waals surface area contributed by atoms with Crippen LogP contribution in [0.3, 0.4) is 0 Å². The number of amides is 2. The Morgan fingerprint density at radius 3 is 2.58 bits per heavy atom. The van der Waals surface area contributed by atoms with Crippen molar-refractivity contribution in [3.8, 4) is 0 Å². The lowest BCUT2D eigenvalue weighted by Gasteiger charge is -2.34. The lowest BCUT2D eigenvalue weighted by atomic mass is 9.95. The maximum absolute atomic E-state index is 13.0. The van der Waals surface area contributed by atoms with Crippen LogP contribution in [0.15, 0.2) is 47.8 Å². The number of hydrogen-bond acceptors (Lipinski definition) is 3. The van der Waals surface area contributed by atoms with E-state index in [0.29, 0.717) is 6.54 Å². The first-order valence-corrected chi connectivity index (χ1v) is 10.1. The van der Waals surface area contributed by atoms with Crippen molar-refractivity contribution in [2.45, 2.75) is 32.7 Å². The molecule has 0 spiro atoms. The Bertz CT molecular complexity index is 728. The highest BCUT2D eigenvalue weighted by Gasteiger charge is 2.31. The first kappa shape index (κ1) is 18.6. The van der Waals surface area contributed by atoms with E-state index in [4.69, 9.17) is 0 Å². The Labute approximate surface area is 159 Å². The molecule has 2 aromatic rings. The van der Waals surface area contributed by atoms with Crippen LogP contribution in [0.25, 0.3) is 0 Å². The van der Waals surface area contributed by atoms with Gasteiger partial charge in [-0.25, -0.2) is 0 Å². The molecular formula is C21H26N2O2S. The minimum absolute atomic E-state index is 0.0278. The van der Waals surface area contributed by atoms with Gasteiger partial charge in [0, 0.05) is 23.9 Å². The third kappa shape index (κ3) is 4.33. The molecule has 2 atom stereocenters. The zero-order chi connectivity index (χ0) is 18.5. The van der Waals surface area contributed by atoms with Crippen LogP contribution in [0.2, 0.25) is 0 Å². The molecule has 2 amide bonds. The van der Waals surface area contributed by atoms with Gasteiger partial charge in [0.1, 0.15) is 0 Å². The van der Waals surface area contributed by atoms with Gasteiger partial charge in [-0.05, 0) is 29.9 Å². The van der Waals surface area contributed by atoms with Crippen LogP contribution in [0.4, 0.5) is 0 Å². The maximum Gasteiger partial charge on any atom is 0.225 e. The number of piperidine rings is 1. The van der Waals surface area contributed by atoms with Crippen LogP contribution in [-0.2, 0) is 9.59 Å². The van der Waals surface area contributed by atoms with Gasteiger partial charge in [0.2, 0.25) is 11.8 Å². The van der Waals surface area contributed by atoms with Crippen LogP contribution in [-0.4, -0.2) is 29.8 Å². The van der Waals surface area contributed by atoms with E-state index in [-0.39, 0.29) is 29.7 Å². The summed E-state index contributed by atoms with van der Waals surface area (Å²) in [5.74, 6) is 0.00602. The fourth-order valence-corrected chi connectivity index (χ4v) is 4.24. The third-order valence-electron chi connectivity index (χ3n) is 4.84. The van der Waals surface area contributed by atoms with Gasteiger partial charge in [0.25, 0.3) is 0 Å². The molecule has 5 heteroatoms. The normalized spacial score (nSPS) is 18.6. The summed E-state index contributed by atoms with van der Waals surface area (Å²) in [6, 6.07) is 14.0. The summed E-state index contributed by atoms with van der Waals surface area (Å²) in [4.78, 5) is 28.2. The number of rotatable bonds is 5. The molecule has 1 aromatic carbocycles. The molecule has 4 nitrogen and oxygen atoms in total. The van der Waals surface area contributed by atoms with E-state index < -0.39 is 0 Å². The topological polar surface area (TPSA) is 49.4 Å². The fraction of sp³-hybridized carbons (Fsp3) is 0.429. The van der Waals surface area contributed by atoms with Crippen molar-refractivity contribution in [3.05, 3.63) is 58.3 Å². The summed E-state index contributed by atoms with van der Waals surface area (Å²) in [6.07, 6.45) is 1.71. The molecule has 1 aliphatic heterocycles. The highest BCUT2D eigenvalue weighted by atomic mass is 32.1. The van der Waals surface area contributed by atoms with Gasteiger partial charge in [0.15, 0.2) is 0 Å². The van der Waals surface area contributed by atoms with E-state index >= 15 is 0 Å². The molecule has 1 fully saturated rings. The summed E-state index contributed by atoms with van der Waals surface area (Å²) in [6.45, 7) is 5.10. The summed E-state index contributed by atoms with van der Waals surface area (Å²) < 4.78 is 0. The number of hydrogen-bond donors (Lipinski definition) is 1. The number of benzene rings is 1. The minimum atomic E-state index is -0.141. The van der Waals surface area contributed by atoms with Crippen LogP contribution < -0.4 is 5.32 Å². The van der Waals surface area contributed by atoms with E-state index in [9.17, 15) is 9.59 Å². The van der Waals surface area contributed by atoms with Crippen molar-refractivity contribution in [2.75, 3.05) is 13.1 Å². The quantitative estimate of drug-likeness (QED) is 0.869. The summed E-state index contributed by atoms with van der Waals surface area (Å²) in [5, 5.41) is 5.26. The molecule has 1 aromatic heterocycles. The number of likely N-dealkylation sites (tertiary alicyclic amines) is 1. The van der Waals surface area contributed by atoms with Crippen molar-refractivity contribution in [1.29, 1.82) is 0 Å². The number of carbonyl (C=O) groups excluding carboxylic acids is 2. The van der Waals surface area contributed by atoms with E-state index in [2.05, 4.69) is 11.4 Å². The summed E-state index contributed by atoms with van der Waals surface area (Å²) in [7, 11) is 0. The predicted octanol–water partition coefficient (Wildman–Crippen LogP) is 3.85. The van der Waals surface area contributed by atoms with Crippen LogP contribution in [0.5, 0.6) is 0 Å². The molecular weight excluding hydrogens is 344 g/mol. The van der Waals surface area contributed by atoms with Crippen molar-refractivity contribution in [1.82, 2.24) is 10.2 Å². The molecule has 1 N–H and O–H groups in total. The minimum Gasteiger partial charge on any atom is -0.344 e. The largest absolute Gasteiger partial charge is 0.344 e. The standard InChI is InChI=1S/C21H26N2O2S/c1-15(2)21(25)23-12-6-10-17(14-23)20(24)22-19(18-11-7-13-26-18)16-8-4-3-5-9-16/h3-5,7-9,11,13,15,17,19H,6,10,12,14H2,1-2H3,(H,22,24). The molecule has 3 rings (SSSR count). The highest BCUT2D eigenvalue weighted by molar-refractivity contribution is 7.10. The highest BCUT2D eigenvalue weighted by Crippen LogP contribution is 2.27. The number of nitrogens with zero attached hydrogens (tertiary/aromatic N) is 1. The van der Waals surface area contributed by atoms with Crippen molar-refractivity contribution < 1.29 is 9.59 Å². The fourth-order valence-electron chi connectivity index (χ4n) is 3.44. The molecule has 2 heterocycles. The Morgan fingerprint density at radius 2 is 1.92 bits per heavy atom. The number of thiophene rings is 1. The Balaban J connectivity index is 1.73. The Morgan fingerprint density at radius 1 is 1.15 bits per heavy atom. The molecule has 138 valence electrons. The first-order valence-electron chi connectivity index (χ1n) is 9.23. The molecule has 0 saturated carbocycles. The smallest absolute Gasteiger partial charge is 0.225 e. The lowest BCUT2D eigenvalue weighted by Crippen LogP contribution is -2.47. The lowest BCUT2D eigenvalue weighted by molar-refractivity contribution is -0.138. The van der Waals surface area contributed by atoms with Gasteiger partial charge < -0.3 is 10.2 Å². The average Bonchev–Trinajstić information content (AvgIpc) is 3.20. The Kier molecular flexibility index (Phi) is 6.09. The van der Waals surface area contributed by atoms with Gasteiger partial charge in [-0.15, -0.1) is 11.3 Å². The zero-order valence-electron chi connectivity index (χ0n) is 15.4. The van der Waals surface area contributed by atoms with Crippen molar-refractivity contribution in [3.63, 3.8) is 0 Å². The third-order valence-corrected chi connectivity index (χ3v) is 5.78. The first-order chi connectivity index (χ1) is 12.6. The van der Waals surface area contributed by atoms with E-state index in [1.54, 1.807) is 11.3 Å².